The van der Waals surface area contributed by atoms with Crippen molar-refractivity contribution >= 4 is 0 Å². The van der Waals surface area contributed by atoms with Gasteiger partial charge < -0.3 is 5.11 Å². The molecule has 0 fully saturated rings. The first kappa shape index (κ1) is 10.8. The van der Waals surface area contributed by atoms with Crippen molar-refractivity contribution in [3.8, 4) is 11.1 Å². The summed E-state index contributed by atoms with van der Waals surface area (Å²) in [6, 6.07) is 14.8. The van der Waals surface area contributed by atoms with E-state index in [1.165, 1.54) is 0 Å². The van der Waals surface area contributed by atoms with Crippen LogP contribution in [0, 0.1) is 0 Å². The van der Waals surface area contributed by atoms with Gasteiger partial charge in [0, 0.05) is 4.91 Å². The second-order valence-electron chi connectivity index (χ2n) is 4.27. The molecule has 0 radical (unpaired) electrons. The minimum atomic E-state index is -0.785. The van der Waals surface area contributed by atoms with Gasteiger partial charge in [-0.15, -0.1) is 0 Å². The van der Waals surface area contributed by atoms with Crippen LogP contribution in [0.3, 0.4) is 0 Å². The normalized spacial score (nSPS) is 20.5. The van der Waals surface area contributed by atoms with Crippen molar-refractivity contribution in [2.45, 2.75) is 12.1 Å². The summed E-state index contributed by atoms with van der Waals surface area (Å²) < 4.78 is 0. The summed E-state index contributed by atoms with van der Waals surface area (Å²) in [5, 5.41) is 14.1. The average Bonchev–Trinajstić information content (AvgIpc) is 2.43. The third-order valence-corrected chi connectivity index (χ3v) is 3.32. The van der Waals surface area contributed by atoms with Gasteiger partial charge in [-0.1, -0.05) is 53.6 Å². The van der Waals surface area contributed by atoms with Gasteiger partial charge in [0.2, 0.25) is 0 Å². The van der Waals surface area contributed by atoms with E-state index >= 15 is 0 Å². The molecular formula is C14H11N3O. The highest BCUT2D eigenvalue weighted by Crippen LogP contribution is 2.45. The fourth-order valence-electron chi connectivity index (χ4n) is 2.52. The molecule has 0 saturated heterocycles. The van der Waals surface area contributed by atoms with E-state index in [0.717, 1.165) is 22.3 Å². The lowest BCUT2D eigenvalue weighted by Gasteiger charge is -2.29. The number of rotatable bonds is 1. The molecule has 3 rings (SSSR count). The molecule has 4 nitrogen and oxygen atoms in total. The zero-order valence-corrected chi connectivity index (χ0v) is 9.56. The molecule has 18 heavy (non-hydrogen) atoms. The molecule has 2 aromatic rings. The van der Waals surface area contributed by atoms with Crippen molar-refractivity contribution in [1.29, 1.82) is 0 Å². The Morgan fingerprint density at radius 2 is 1.50 bits per heavy atom. The standard InChI is InChI=1S/C14H11N3O/c15-17-16-13-11-7-3-1-5-9(11)10-6-2-4-8-12(10)14(13)18/h1-8,13-14,18H/t13-,14-/m1/s1. The average molecular weight is 237 g/mol. The summed E-state index contributed by atoms with van der Waals surface area (Å²) in [5.41, 5.74) is 12.4. The highest BCUT2D eigenvalue weighted by molar-refractivity contribution is 5.74. The number of hydrogen-bond acceptors (Lipinski definition) is 2. The first-order chi connectivity index (χ1) is 8.83. The van der Waals surface area contributed by atoms with Crippen molar-refractivity contribution in [2.75, 3.05) is 0 Å². The van der Waals surface area contributed by atoms with Crippen molar-refractivity contribution in [3.63, 3.8) is 0 Å². The second-order valence-corrected chi connectivity index (χ2v) is 4.27. The summed E-state index contributed by atoms with van der Waals surface area (Å²) >= 11 is 0. The van der Waals surface area contributed by atoms with Crippen molar-refractivity contribution in [2.24, 2.45) is 5.11 Å². The Balaban J connectivity index is 2.31. The largest absolute Gasteiger partial charge is 0.388 e. The molecule has 0 bridgehead atoms. The number of benzene rings is 2. The molecule has 0 aromatic heterocycles. The van der Waals surface area contributed by atoms with Crippen LogP contribution in [-0.4, -0.2) is 5.11 Å². The Labute approximate surface area is 104 Å². The van der Waals surface area contributed by atoms with E-state index in [2.05, 4.69) is 10.0 Å². The maximum Gasteiger partial charge on any atom is 0.0932 e. The van der Waals surface area contributed by atoms with Crippen molar-refractivity contribution in [3.05, 3.63) is 70.1 Å². The van der Waals surface area contributed by atoms with E-state index in [9.17, 15) is 5.11 Å². The van der Waals surface area contributed by atoms with Crippen LogP contribution in [0.25, 0.3) is 21.6 Å². The molecule has 0 saturated carbocycles. The molecule has 1 N–H and O–H groups in total. The number of nitrogens with zero attached hydrogens (tertiary/aromatic N) is 3. The van der Waals surface area contributed by atoms with Gasteiger partial charge in [-0.2, -0.15) is 0 Å². The molecule has 1 aliphatic rings. The summed E-state index contributed by atoms with van der Waals surface area (Å²) in [6.45, 7) is 0. The zero-order chi connectivity index (χ0) is 12.5. The monoisotopic (exact) mass is 237 g/mol. The lowest BCUT2D eigenvalue weighted by atomic mass is 9.81. The Bertz CT molecular complexity index is 647. The molecule has 0 amide bonds. The van der Waals surface area contributed by atoms with E-state index in [1.54, 1.807) is 0 Å². The van der Waals surface area contributed by atoms with Crippen LogP contribution in [0.5, 0.6) is 0 Å². The summed E-state index contributed by atoms with van der Waals surface area (Å²) in [7, 11) is 0. The highest BCUT2D eigenvalue weighted by atomic mass is 16.3. The lowest BCUT2D eigenvalue weighted by Crippen LogP contribution is -2.15. The molecule has 2 atom stereocenters. The topological polar surface area (TPSA) is 69.0 Å². The Morgan fingerprint density at radius 3 is 2.17 bits per heavy atom. The highest BCUT2D eigenvalue weighted by Gasteiger charge is 2.31. The molecule has 2 aromatic carbocycles. The van der Waals surface area contributed by atoms with E-state index in [1.807, 2.05) is 48.5 Å². The zero-order valence-electron chi connectivity index (χ0n) is 9.56. The first-order valence-electron chi connectivity index (χ1n) is 5.73. The van der Waals surface area contributed by atoms with E-state index < -0.39 is 12.1 Å². The fraction of sp³-hybridized carbons (Fsp3) is 0.143. The molecular weight excluding hydrogens is 226 g/mol. The van der Waals surface area contributed by atoms with Crippen LogP contribution < -0.4 is 0 Å². The van der Waals surface area contributed by atoms with Crippen LogP contribution in [0.2, 0.25) is 0 Å². The summed E-state index contributed by atoms with van der Waals surface area (Å²) in [5.74, 6) is 0. The Hall–Kier alpha value is -2.29. The van der Waals surface area contributed by atoms with Gasteiger partial charge in [-0.25, -0.2) is 0 Å². The number of aliphatic hydroxyl groups excluding tert-OH is 1. The molecule has 0 heterocycles. The van der Waals surface area contributed by atoms with Gasteiger partial charge in [-0.3, -0.25) is 0 Å². The molecule has 4 heteroatoms. The molecule has 88 valence electrons. The first-order valence-corrected chi connectivity index (χ1v) is 5.73. The van der Waals surface area contributed by atoms with Gasteiger partial charge in [0.15, 0.2) is 0 Å². The maximum absolute atomic E-state index is 10.3. The fourth-order valence-corrected chi connectivity index (χ4v) is 2.52. The van der Waals surface area contributed by atoms with Crippen LogP contribution in [0.4, 0.5) is 0 Å². The Morgan fingerprint density at radius 1 is 0.944 bits per heavy atom. The summed E-state index contributed by atoms with van der Waals surface area (Å²) in [6.07, 6.45) is -0.785. The quantitative estimate of drug-likeness (QED) is 0.458. The number of hydrogen-bond donors (Lipinski definition) is 1. The van der Waals surface area contributed by atoms with E-state index in [0.29, 0.717) is 0 Å². The predicted molar refractivity (Wildman–Crippen MR) is 68.7 cm³/mol. The minimum absolute atomic E-state index is 0.555. The number of aliphatic hydroxyl groups is 1. The maximum atomic E-state index is 10.3. The van der Waals surface area contributed by atoms with Gasteiger partial charge in [0.25, 0.3) is 0 Å². The second kappa shape index (κ2) is 4.18. The van der Waals surface area contributed by atoms with Crippen LogP contribution >= 0.6 is 0 Å². The predicted octanol–water partition coefficient (Wildman–Crippen LogP) is 3.75. The number of fused-ring (bicyclic) bond motifs is 3. The van der Waals surface area contributed by atoms with Gasteiger partial charge in [-0.05, 0) is 27.8 Å². The SMILES string of the molecule is [N-]=[N+]=N[C@@H]1c2ccccc2-c2ccccc2[C@H]1O. The third-order valence-electron chi connectivity index (χ3n) is 3.32. The molecule has 1 aliphatic carbocycles. The summed E-state index contributed by atoms with van der Waals surface area (Å²) in [4.78, 5) is 2.85. The molecule has 0 unspecified atom stereocenters. The van der Waals surface area contributed by atoms with E-state index in [-0.39, 0.29) is 0 Å². The third kappa shape index (κ3) is 1.48. The van der Waals surface area contributed by atoms with Crippen LogP contribution in [0.1, 0.15) is 23.3 Å². The van der Waals surface area contributed by atoms with Gasteiger partial charge in [0.05, 0.1) is 12.1 Å². The smallest absolute Gasteiger partial charge is 0.0932 e. The van der Waals surface area contributed by atoms with Crippen LogP contribution in [-0.2, 0) is 0 Å². The van der Waals surface area contributed by atoms with E-state index in [4.69, 9.17) is 5.53 Å². The van der Waals surface area contributed by atoms with Gasteiger partial charge >= 0.3 is 0 Å². The molecule has 0 aliphatic heterocycles. The number of azide groups is 1. The molecule has 0 spiro atoms. The van der Waals surface area contributed by atoms with Gasteiger partial charge in [0.1, 0.15) is 0 Å². The van der Waals surface area contributed by atoms with Crippen molar-refractivity contribution in [1.82, 2.24) is 0 Å². The lowest BCUT2D eigenvalue weighted by molar-refractivity contribution is 0.145. The Kier molecular flexibility index (Phi) is 2.52. The van der Waals surface area contributed by atoms with Crippen LogP contribution in [0.15, 0.2) is 53.6 Å². The minimum Gasteiger partial charge on any atom is -0.388 e. The van der Waals surface area contributed by atoms with Crippen molar-refractivity contribution < 1.29 is 5.11 Å².